The van der Waals surface area contributed by atoms with Crippen molar-refractivity contribution in [1.82, 2.24) is 15.3 Å². The van der Waals surface area contributed by atoms with E-state index in [1.807, 2.05) is 32.0 Å². The van der Waals surface area contributed by atoms with Gasteiger partial charge in [0.1, 0.15) is 0 Å². The quantitative estimate of drug-likeness (QED) is 0.591. The van der Waals surface area contributed by atoms with Crippen LogP contribution in [0.25, 0.3) is 11.0 Å². The first-order chi connectivity index (χ1) is 11.2. The lowest BCUT2D eigenvalue weighted by Crippen LogP contribution is -2.43. The third kappa shape index (κ3) is 5.26. The second-order valence-electron chi connectivity index (χ2n) is 6.64. The lowest BCUT2D eigenvalue weighted by atomic mass is 9.98. The predicted octanol–water partition coefficient (Wildman–Crippen LogP) is 1.94. The minimum absolute atomic E-state index is 0.0299. The molecule has 1 aromatic carbocycles. The van der Waals surface area contributed by atoms with E-state index in [4.69, 9.17) is 5.11 Å². The number of benzene rings is 1. The molecule has 2 aromatic rings. The van der Waals surface area contributed by atoms with Crippen molar-refractivity contribution in [2.24, 2.45) is 0 Å². The second-order valence-corrected chi connectivity index (χ2v) is 6.64. The van der Waals surface area contributed by atoms with Crippen molar-refractivity contribution in [3.8, 4) is 0 Å². The lowest BCUT2D eigenvalue weighted by Gasteiger charge is -2.25. The molecule has 0 aliphatic carbocycles. The van der Waals surface area contributed by atoms with Gasteiger partial charge in [0.25, 0.3) is 0 Å². The fourth-order valence-electron chi connectivity index (χ4n) is 2.61. The molecular weight excluding hydrogens is 310 g/mol. The maximum Gasteiger partial charge on any atom is 0.323 e. The summed E-state index contributed by atoms with van der Waals surface area (Å²) >= 11 is 0. The van der Waals surface area contributed by atoms with Gasteiger partial charge in [-0.2, -0.15) is 0 Å². The zero-order valence-electron chi connectivity index (χ0n) is 13.9. The Morgan fingerprint density at radius 3 is 2.58 bits per heavy atom. The van der Waals surface area contributed by atoms with Crippen molar-refractivity contribution in [2.75, 3.05) is 0 Å². The molecule has 0 unspecified atom stereocenters. The van der Waals surface area contributed by atoms with E-state index in [1.165, 1.54) is 0 Å². The Balaban J connectivity index is 1.80. The highest BCUT2D eigenvalue weighted by molar-refractivity contribution is 5.77. The molecule has 0 aliphatic heterocycles. The SMILES string of the molecule is CC(C)(CCC(=O)O)NC(=O)CCCc1ccc2[nH]c(=O)[nH]c2c1. The molecule has 0 atom stereocenters. The molecule has 0 fully saturated rings. The number of aromatic nitrogens is 2. The second kappa shape index (κ2) is 7.33. The van der Waals surface area contributed by atoms with E-state index in [1.54, 1.807) is 0 Å². The maximum absolute atomic E-state index is 12.0. The average molecular weight is 333 g/mol. The van der Waals surface area contributed by atoms with Gasteiger partial charge >= 0.3 is 11.7 Å². The van der Waals surface area contributed by atoms with E-state index in [2.05, 4.69) is 15.3 Å². The van der Waals surface area contributed by atoms with E-state index < -0.39 is 11.5 Å². The van der Waals surface area contributed by atoms with E-state index in [0.29, 0.717) is 19.3 Å². The topological polar surface area (TPSA) is 115 Å². The van der Waals surface area contributed by atoms with Gasteiger partial charge in [-0.1, -0.05) is 6.07 Å². The highest BCUT2D eigenvalue weighted by atomic mass is 16.4. The van der Waals surface area contributed by atoms with Crippen LogP contribution in [0.15, 0.2) is 23.0 Å². The van der Waals surface area contributed by atoms with E-state index in [9.17, 15) is 14.4 Å². The van der Waals surface area contributed by atoms with Crippen LogP contribution in [0.4, 0.5) is 0 Å². The summed E-state index contributed by atoms with van der Waals surface area (Å²) in [6, 6.07) is 5.68. The Kier molecular flexibility index (Phi) is 5.43. The van der Waals surface area contributed by atoms with Crippen molar-refractivity contribution in [3.63, 3.8) is 0 Å². The molecule has 2 rings (SSSR count). The van der Waals surface area contributed by atoms with Crippen molar-refractivity contribution < 1.29 is 14.7 Å². The van der Waals surface area contributed by atoms with Crippen LogP contribution in [-0.2, 0) is 16.0 Å². The number of aryl methyl sites for hydroxylation is 1. The van der Waals surface area contributed by atoms with Crippen molar-refractivity contribution >= 4 is 22.9 Å². The molecular formula is C17H23N3O4. The predicted molar refractivity (Wildman–Crippen MR) is 90.9 cm³/mol. The first kappa shape index (κ1) is 17.8. The summed E-state index contributed by atoms with van der Waals surface area (Å²) in [7, 11) is 0. The first-order valence-electron chi connectivity index (χ1n) is 7.99. The van der Waals surface area contributed by atoms with Gasteiger partial charge in [-0.25, -0.2) is 4.79 Å². The number of nitrogens with one attached hydrogen (secondary N) is 3. The molecule has 7 heteroatoms. The molecule has 7 nitrogen and oxygen atoms in total. The maximum atomic E-state index is 12.0. The van der Waals surface area contributed by atoms with Gasteiger partial charge in [0.15, 0.2) is 0 Å². The molecule has 1 amide bonds. The van der Waals surface area contributed by atoms with Gasteiger partial charge < -0.3 is 20.4 Å². The van der Waals surface area contributed by atoms with E-state index >= 15 is 0 Å². The number of rotatable bonds is 8. The fraction of sp³-hybridized carbons (Fsp3) is 0.471. The van der Waals surface area contributed by atoms with Crippen molar-refractivity contribution in [2.45, 2.75) is 51.5 Å². The zero-order chi connectivity index (χ0) is 17.7. The third-order valence-electron chi connectivity index (χ3n) is 3.89. The van der Waals surface area contributed by atoms with Gasteiger partial charge in [0.05, 0.1) is 11.0 Å². The Hall–Kier alpha value is -2.57. The number of H-pyrrole nitrogens is 2. The molecule has 4 N–H and O–H groups in total. The van der Waals surface area contributed by atoms with E-state index in [0.717, 1.165) is 23.0 Å². The Morgan fingerprint density at radius 2 is 1.88 bits per heavy atom. The van der Waals surface area contributed by atoms with Gasteiger partial charge in [0, 0.05) is 18.4 Å². The molecule has 0 spiro atoms. The van der Waals surface area contributed by atoms with Crippen LogP contribution in [0, 0.1) is 0 Å². The number of hydrogen-bond donors (Lipinski definition) is 4. The molecule has 130 valence electrons. The van der Waals surface area contributed by atoms with Gasteiger partial charge in [-0.05, 0) is 50.8 Å². The smallest absolute Gasteiger partial charge is 0.323 e. The third-order valence-corrected chi connectivity index (χ3v) is 3.89. The monoisotopic (exact) mass is 333 g/mol. The molecule has 0 saturated heterocycles. The number of carboxylic acids is 1. The number of imidazole rings is 1. The first-order valence-corrected chi connectivity index (χ1v) is 7.99. The molecule has 0 saturated carbocycles. The molecule has 1 heterocycles. The molecule has 0 radical (unpaired) electrons. The van der Waals surface area contributed by atoms with Crippen LogP contribution in [0.1, 0.15) is 45.1 Å². The number of carbonyl (C=O) groups excluding carboxylic acids is 1. The van der Waals surface area contributed by atoms with Crippen molar-refractivity contribution in [3.05, 3.63) is 34.2 Å². The normalized spacial score (nSPS) is 11.6. The zero-order valence-corrected chi connectivity index (χ0v) is 13.9. The van der Waals surface area contributed by atoms with Crippen LogP contribution in [0.3, 0.4) is 0 Å². The summed E-state index contributed by atoms with van der Waals surface area (Å²) in [5.74, 6) is -0.947. The summed E-state index contributed by atoms with van der Waals surface area (Å²) in [6.45, 7) is 3.65. The number of fused-ring (bicyclic) bond motifs is 1. The summed E-state index contributed by atoms with van der Waals surface area (Å²) < 4.78 is 0. The average Bonchev–Trinajstić information content (AvgIpc) is 2.84. The van der Waals surface area contributed by atoms with Crippen molar-refractivity contribution in [1.29, 1.82) is 0 Å². The Morgan fingerprint density at radius 1 is 1.17 bits per heavy atom. The summed E-state index contributed by atoms with van der Waals surface area (Å²) in [4.78, 5) is 39.2. The minimum Gasteiger partial charge on any atom is -0.481 e. The largest absolute Gasteiger partial charge is 0.481 e. The summed E-state index contributed by atoms with van der Waals surface area (Å²) in [6.07, 6.45) is 2.21. The lowest BCUT2D eigenvalue weighted by molar-refractivity contribution is -0.137. The number of amides is 1. The molecule has 0 aliphatic rings. The highest BCUT2D eigenvalue weighted by Crippen LogP contribution is 2.14. The standard InChI is InChI=1S/C17H23N3O4/c1-17(2,9-8-15(22)23)20-14(21)5-3-4-11-6-7-12-13(10-11)19-16(24)18-12/h6-7,10H,3-5,8-9H2,1-2H3,(H,20,21)(H,22,23)(H2,18,19,24). The van der Waals surface area contributed by atoms with Gasteiger partial charge in [-0.3, -0.25) is 9.59 Å². The number of aliphatic carboxylic acids is 1. The van der Waals surface area contributed by atoms with Crippen LogP contribution in [0.2, 0.25) is 0 Å². The summed E-state index contributed by atoms with van der Waals surface area (Å²) in [5.41, 5.74) is 1.82. The number of aromatic amines is 2. The minimum atomic E-state index is -0.865. The molecule has 24 heavy (non-hydrogen) atoms. The van der Waals surface area contributed by atoms with Gasteiger partial charge in [0.2, 0.25) is 5.91 Å². The molecule has 1 aromatic heterocycles. The highest BCUT2D eigenvalue weighted by Gasteiger charge is 2.21. The Labute approximate surface area is 139 Å². The Bertz CT molecular complexity index is 788. The number of hydrogen-bond acceptors (Lipinski definition) is 3. The molecule has 0 bridgehead atoms. The summed E-state index contributed by atoms with van der Waals surface area (Å²) in [5, 5.41) is 11.6. The van der Waals surface area contributed by atoms with Crippen LogP contribution >= 0.6 is 0 Å². The van der Waals surface area contributed by atoms with Crippen LogP contribution in [0.5, 0.6) is 0 Å². The van der Waals surface area contributed by atoms with Crippen LogP contribution < -0.4 is 11.0 Å². The fourth-order valence-corrected chi connectivity index (χ4v) is 2.61. The van der Waals surface area contributed by atoms with E-state index in [-0.39, 0.29) is 18.0 Å². The van der Waals surface area contributed by atoms with Crippen LogP contribution in [-0.4, -0.2) is 32.5 Å². The van der Waals surface area contributed by atoms with Gasteiger partial charge in [-0.15, -0.1) is 0 Å². The number of carbonyl (C=O) groups is 2. The number of carboxylic acid groups (broad SMARTS) is 1.